The van der Waals surface area contributed by atoms with E-state index < -0.39 is 0 Å². The highest BCUT2D eigenvalue weighted by atomic mass is 15.0. The third-order valence-electron chi connectivity index (χ3n) is 7.98. The minimum atomic E-state index is 0.509. The lowest BCUT2D eigenvalue weighted by Gasteiger charge is -2.59. The van der Waals surface area contributed by atoms with E-state index >= 15 is 0 Å². The summed E-state index contributed by atoms with van der Waals surface area (Å²) in [5.74, 6) is 3.11. The summed E-state index contributed by atoms with van der Waals surface area (Å²) >= 11 is 0. The van der Waals surface area contributed by atoms with Crippen LogP contribution in [0.15, 0.2) is 30.5 Å². The van der Waals surface area contributed by atoms with Gasteiger partial charge in [-0.2, -0.15) is 0 Å². The van der Waals surface area contributed by atoms with Crippen LogP contribution in [0.4, 0.5) is 0 Å². The maximum absolute atomic E-state index is 3.99. The van der Waals surface area contributed by atoms with Crippen molar-refractivity contribution < 1.29 is 0 Å². The molecule has 0 amide bonds. The zero-order valence-corrected chi connectivity index (χ0v) is 16.7. The smallest absolute Gasteiger partial charge is 0.0486 e. The summed E-state index contributed by atoms with van der Waals surface area (Å²) in [6, 6.07) is 10.0. The molecule has 0 saturated heterocycles. The summed E-state index contributed by atoms with van der Waals surface area (Å²) in [4.78, 5) is 0. The number of rotatable bonds is 5. The Labute approximate surface area is 158 Å². The molecule has 0 aliphatic heterocycles. The third-order valence-corrected chi connectivity index (χ3v) is 7.98. The van der Waals surface area contributed by atoms with Crippen LogP contribution in [0.3, 0.4) is 0 Å². The van der Waals surface area contributed by atoms with E-state index in [-0.39, 0.29) is 0 Å². The van der Waals surface area contributed by atoms with Crippen molar-refractivity contribution in [1.82, 2.24) is 9.88 Å². The highest BCUT2D eigenvalue weighted by molar-refractivity contribution is 5.84. The first kappa shape index (κ1) is 16.9. The zero-order chi connectivity index (χ0) is 17.9. The Hall–Kier alpha value is -1.28. The first-order valence-electron chi connectivity index (χ1n) is 10.9. The van der Waals surface area contributed by atoms with Crippen LogP contribution < -0.4 is 5.32 Å². The Morgan fingerprint density at radius 2 is 1.62 bits per heavy atom. The van der Waals surface area contributed by atoms with Crippen LogP contribution in [0.5, 0.6) is 0 Å². The van der Waals surface area contributed by atoms with Crippen molar-refractivity contribution in [1.29, 1.82) is 0 Å². The van der Waals surface area contributed by atoms with Crippen molar-refractivity contribution >= 4 is 10.9 Å². The molecule has 1 N–H and O–H groups in total. The van der Waals surface area contributed by atoms with E-state index in [0.29, 0.717) is 17.5 Å². The first-order valence-corrected chi connectivity index (χ1v) is 10.9. The van der Waals surface area contributed by atoms with Crippen LogP contribution in [0.2, 0.25) is 0 Å². The Bertz CT molecular complexity index is 764. The van der Waals surface area contributed by atoms with Gasteiger partial charge in [-0.3, -0.25) is 0 Å². The lowest BCUT2D eigenvalue weighted by molar-refractivity contribution is -0.0706. The number of para-hydroxylation sites is 1. The molecule has 1 heterocycles. The highest BCUT2D eigenvalue weighted by Gasteiger charge is 2.52. The number of hydrogen-bond acceptors (Lipinski definition) is 1. The summed E-state index contributed by atoms with van der Waals surface area (Å²) in [5, 5.41) is 5.41. The lowest BCUT2D eigenvalue weighted by atomic mass is 9.48. The fourth-order valence-electron chi connectivity index (χ4n) is 7.03. The maximum Gasteiger partial charge on any atom is 0.0486 e. The van der Waals surface area contributed by atoms with Gasteiger partial charge in [0.2, 0.25) is 0 Å². The molecule has 26 heavy (non-hydrogen) atoms. The topological polar surface area (TPSA) is 17.0 Å². The van der Waals surface area contributed by atoms with Gasteiger partial charge in [0.05, 0.1) is 0 Å². The normalized spacial score (nSPS) is 34.1. The predicted octanol–water partition coefficient (Wildman–Crippen LogP) is 5.92. The van der Waals surface area contributed by atoms with E-state index in [0.717, 1.165) is 24.3 Å². The second-order valence-electron chi connectivity index (χ2n) is 10.1. The molecule has 2 aromatic rings. The number of fused-ring (bicyclic) bond motifs is 1. The molecule has 4 fully saturated rings. The molecule has 4 saturated carbocycles. The van der Waals surface area contributed by atoms with Crippen molar-refractivity contribution in [2.75, 3.05) is 0 Å². The Morgan fingerprint density at radius 3 is 2.23 bits per heavy atom. The number of nitrogens with zero attached hydrogens (tertiary/aromatic N) is 1. The lowest BCUT2D eigenvalue weighted by Crippen LogP contribution is -2.54. The molecule has 4 aliphatic rings. The fraction of sp³-hybridized carbons (Fsp3) is 0.667. The van der Waals surface area contributed by atoms with Gasteiger partial charge < -0.3 is 9.88 Å². The standard InChI is InChI=1S/C24H34N2/c1-16(2)26-15-21(22-6-4-5-7-23(22)26)14-25-17(3)24-11-18-8-19(12-24)10-20(9-18)13-24/h4-7,15-20,25H,8-14H2,1-3H3/t17-,18?,19?,20?,24?/m1/s1. The molecule has 6 rings (SSSR count). The predicted molar refractivity (Wildman–Crippen MR) is 109 cm³/mol. The molecule has 1 atom stereocenters. The van der Waals surface area contributed by atoms with Crippen LogP contribution in [0.25, 0.3) is 10.9 Å². The molecule has 4 bridgehead atoms. The second kappa shape index (κ2) is 6.12. The third kappa shape index (κ3) is 2.64. The zero-order valence-electron chi connectivity index (χ0n) is 16.7. The minimum Gasteiger partial charge on any atom is -0.345 e. The molecule has 4 aliphatic carbocycles. The molecule has 1 aromatic carbocycles. The average Bonchev–Trinajstić information content (AvgIpc) is 2.97. The molecule has 2 nitrogen and oxygen atoms in total. The Morgan fingerprint density at radius 1 is 1.00 bits per heavy atom. The van der Waals surface area contributed by atoms with Crippen molar-refractivity contribution in [2.24, 2.45) is 23.2 Å². The van der Waals surface area contributed by atoms with Gasteiger partial charge >= 0.3 is 0 Å². The van der Waals surface area contributed by atoms with Crippen molar-refractivity contribution in [3.8, 4) is 0 Å². The van der Waals surface area contributed by atoms with Crippen LogP contribution in [-0.2, 0) is 6.54 Å². The van der Waals surface area contributed by atoms with Crippen molar-refractivity contribution in [2.45, 2.75) is 77.9 Å². The Kier molecular flexibility index (Phi) is 3.97. The van der Waals surface area contributed by atoms with Crippen LogP contribution in [0, 0.1) is 23.2 Å². The van der Waals surface area contributed by atoms with Crippen LogP contribution in [0.1, 0.15) is 70.9 Å². The van der Waals surface area contributed by atoms with Gasteiger partial charge in [0.15, 0.2) is 0 Å². The van der Waals surface area contributed by atoms with Crippen molar-refractivity contribution in [3.05, 3.63) is 36.0 Å². The fourth-order valence-corrected chi connectivity index (χ4v) is 7.03. The molecular formula is C24H34N2. The molecular weight excluding hydrogens is 316 g/mol. The molecule has 0 spiro atoms. The number of hydrogen-bond donors (Lipinski definition) is 1. The van der Waals surface area contributed by atoms with Crippen LogP contribution in [-0.4, -0.2) is 10.6 Å². The van der Waals surface area contributed by atoms with Gasteiger partial charge in [0.1, 0.15) is 0 Å². The van der Waals surface area contributed by atoms with E-state index in [1.807, 2.05) is 0 Å². The average molecular weight is 351 g/mol. The summed E-state index contributed by atoms with van der Waals surface area (Å²) in [5.41, 5.74) is 3.43. The highest BCUT2D eigenvalue weighted by Crippen LogP contribution is 2.61. The number of aromatic nitrogens is 1. The van der Waals surface area contributed by atoms with E-state index in [4.69, 9.17) is 0 Å². The summed E-state index contributed by atoms with van der Waals surface area (Å²) < 4.78 is 2.43. The van der Waals surface area contributed by atoms with Crippen molar-refractivity contribution in [3.63, 3.8) is 0 Å². The SMILES string of the molecule is CC(C)n1cc(CN[C@H](C)C23CC4CC(CC(C4)C2)C3)c2ccccc21. The maximum atomic E-state index is 3.99. The molecule has 2 heteroatoms. The van der Waals surface area contributed by atoms with Gasteiger partial charge in [-0.25, -0.2) is 0 Å². The van der Waals surface area contributed by atoms with Gasteiger partial charge in [0.25, 0.3) is 0 Å². The number of nitrogens with one attached hydrogen (secondary N) is 1. The van der Waals surface area contributed by atoms with E-state index in [1.165, 1.54) is 55.0 Å². The summed E-state index contributed by atoms with van der Waals surface area (Å²) in [7, 11) is 0. The van der Waals surface area contributed by atoms with Gasteiger partial charge in [-0.15, -0.1) is 0 Å². The minimum absolute atomic E-state index is 0.509. The summed E-state index contributed by atoms with van der Waals surface area (Å²) in [6.07, 6.45) is 11.5. The van der Waals surface area contributed by atoms with E-state index in [1.54, 1.807) is 0 Å². The number of benzene rings is 1. The second-order valence-corrected chi connectivity index (χ2v) is 10.1. The Balaban J connectivity index is 1.36. The van der Waals surface area contributed by atoms with Gasteiger partial charge in [0, 0.05) is 35.7 Å². The quantitative estimate of drug-likeness (QED) is 0.708. The van der Waals surface area contributed by atoms with Crippen LogP contribution >= 0.6 is 0 Å². The molecule has 140 valence electrons. The monoisotopic (exact) mass is 350 g/mol. The van der Waals surface area contributed by atoms with E-state index in [2.05, 4.69) is 61.1 Å². The van der Waals surface area contributed by atoms with Gasteiger partial charge in [-0.1, -0.05) is 18.2 Å². The molecule has 0 radical (unpaired) electrons. The largest absolute Gasteiger partial charge is 0.345 e. The molecule has 0 unspecified atom stereocenters. The summed E-state index contributed by atoms with van der Waals surface area (Å²) in [6.45, 7) is 8.04. The molecule has 1 aromatic heterocycles. The first-order chi connectivity index (χ1) is 12.5. The van der Waals surface area contributed by atoms with E-state index in [9.17, 15) is 0 Å². The van der Waals surface area contributed by atoms with Gasteiger partial charge in [-0.05, 0) is 94.1 Å².